The predicted octanol–water partition coefficient (Wildman–Crippen LogP) is 7.51. The molecule has 3 aromatic rings. The van der Waals surface area contributed by atoms with E-state index in [1.165, 1.54) is 12.2 Å². The minimum atomic E-state index is -0.412. The summed E-state index contributed by atoms with van der Waals surface area (Å²) in [6.07, 6.45) is 10.6. The van der Waals surface area contributed by atoms with Crippen LogP contribution in [-0.4, -0.2) is 39.3 Å². The normalized spacial score (nSPS) is 11.7. The third kappa shape index (κ3) is 5.60. The molecule has 0 aromatic heterocycles. The maximum absolute atomic E-state index is 12.7. The molecule has 6 nitrogen and oxygen atoms in total. The highest BCUT2D eigenvalue weighted by Gasteiger charge is 2.19. The molecule has 39 heavy (non-hydrogen) atoms. The third-order valence-electron chi connectivity index (χ3n) is 6.52. The molecule has 0 fully saturated rings. The topological polar surface area (TPSA) is 74.2 Å². The zero-order chi connectivity index (χ0) is 28.7. The SMILES string of the molecule is C=Cc1c(C=C)c(OC)c(/C=C/C(=O)/C=C(O)/C=C/c2c(C)c(OC)c3ccccc3c2OC)c(C)c1OC. The van der Waals surface area contributed by atoms with Gasteiger partial charge in [0.15, 0.2) is 5.78 Å². The van der Waals surface area contributed by atoms with Crippen LogP contribution in [0, 0.1) is 13.8 Å². The van der Waals surface area contributed by atoms with E-state index in [1.54, 1.807) is 52.7 Å². The lowest BCUT2D eigenvalue weighted by Gasteiger charge is -2.19. The molecule has 0 amide bonds. The number of carbonyl (C=O) groups excluding carboxylic acids is 1. The summed E-state index contributed by atoms with van der Waals surface area (Å²) in [7, 11) is 6.34. The molecule has 0 aliphatic heterocycles. The molecule has 0 heterocycles. The van der Waals surface area contributed by atoms with Crippen molar-refractivity contribution in [3.05, 3.63) is 94.8 Å². The van der Waals surface area contributed by atoms with E-state index in [4.69, 9.17) is 18.9 Å². The lowest BCUT2D eigenvalue weighted by Crippen LogP contribution is -2.01. The lowest BCUT2D eigenvalue weighted by atomic mass is 9.95. The van der Waals surface area contributed by atoms with Crippen molar-refractivity contribution in [2.75, 3.05) is 28.4 Å². The molecule has 1 N–H and O–H groups in total. The van der Waals surface area contributed by atoms with E-state index in [2.05, 4.69) is 13.2 Å². The van der Waals surface area contributed by atoms with E-state index >= 15 is 0 Å². The molecule has 0 unspecified atom stereocenters. The predicted molar refractivity (Wildman–Crippen MR) is 160 cm³/mol. The van der Waals surface area contributed by atoms with Gasteiger partial charge < -0.3 is 24.1 Å². The minimum Gasteiger partial charge on any atom is -0.508 e. The van der Waals surface area contributed by atoms with E-state index in [0.717, 1.165) is 44.9 Å². The molecule has 0 spiro atoms. The minimum absolute atomic E-state index is 0.215. The lowest BCUT2D eigenvalue weighted by molar-refractivity contribution is -0.110. The van der Waals surface area contributed by atoms with Gasteiger partial charge in [0.25, 0.3) is 0 Å². The molecule has 0 saturated heterocycles. The van der Waals surface area contributed by atoms with Gasteiger partial charge in [-0.1, -0.05) is 49.6 Å². The zero-order valence-electron chi connectivity index (χ0n) is 23.3. The van der Waals surface area contributed by atoms with Gasteiger partial charge in [-0.25, -0.2) is 0 Å². The number of benzene rings is 3. The summed E-state index contributed by atoms with van der Waals surface area (Å²) >= 11 is 0. The summed E-state index contributed by atoms with van der Waals surface area (Å²) in [5, 5.41) is 12.3. The van der Waals surface area contributed by atoms with Crippen molar-refractivity contribution in [1.82, 2.24) is 0 Å². The Morgan fingerprint density at radius 2 is 1.15 bits per heavy atom. The fourth-order valence-corrected chi connectivity index (χ4v) is 4.75. The van der Waals surface area contributed by atoms with Gasteiger partial charge in [0.05, 0.1) is 28.4 Å². The van der Waals surface area contributed by atoms with E-state index in [-0.39, 0.29) is 5.76 Å². The number of ether oxygens (including phenoxy) is 4. The van der Waals surface area contributed by atoms with Crippen molar-refractivity contribution in [2.24, 2.45) is 0 Å². The van der Waals surface area contributed by atoms with Gasteiger partial charge in [0.2, 0.25) is 0 Å². The monoisotopic (exact) mass is 526 g/mol. The fourth-order valence-electron chi connectivity index (χ4n) is 4.75. The van der Waals surface area contributed by atoms with Crippen molar-refractivity contribution in [3.63, 3.8) is 0 Å². The number of aliphatic hydroxyl groups excluding tert-OH is 1. The van der Waals surface area contributed by atoms with Gasteiger partial charge in [0, 0.05) is 50.2 Å². The van der Waals surface area contributed by atoms with Crippen LogP contribution in [0.3, 0.4) is 0 Å². The Kier molecular flexibility index (Phi) is 9.39. The van der Waals surface area contributed by atoms with Crippen LogP contribution in [0.1, 0.15) is 33.4 Å². The Bertz CT molecular complexity index is 1520. The van der Waals surface area contributed by atoms with Crippen molar-refractivity contribution < 1.29 is 28.8 Å². The first-order chi connectivity index (χ1) is 18.8. The van der Waals surface area contributed by atoms with Crippen molar-refractivity contribution in [1.29, 1.82) is 0 Å². The van der Waals surface area contributed by atoms with E-state index in [1.807, 2.05) is 38.1 Å². The second-order valence-corrected chi connectivity index (χ2v) is 8.63. The number of fused-ring (bicyclic) bond motifs is 1. The first-order valence-electron chi connectivity index (χ1n) is 12.2. The first-order valence-corrected chi connectivity index (χ1v) is 12.2. The molecule has 0 saturated carbocycles. The Morgan fingerprint density at radius 1 is 0.692 bits per heavy atom. The standard InChI is InChI=1S/C33H34O6/c1-9-24-25(10-2)32(38-7)26(20(3)30(24)36-5)17-15-22(34)19-23(35)16-18-27-21(4)31(37-6)28-13-11-12-14-29(28)33(27)39-8/h9-19,35H,1-2H2,3-8H3/b17-15+,18-16+,23-19-. The molecule has 202 valence electrons. The fraction of sp³-hybridized carbons (Fsp3) is 0.182. The highest BCUT2D eigenvalue weighted by molar-refractivity contribution is 6.03. The summed E-state index contributed by atoms with van der Waals surface area (Å²) in [6.45, 7) is 11.5. The Labute approximate surface area is 229 Å². The Hall–Kier alpha value is -4.71. The molecule has 0 atom stereocenters. The van der Waals surface area contributed by atoms with E-state index in [9.17, 15) is 9.90 Å². The van der Waals surface area contributed by atoms with Crippen LogP contribution < -0.4 is 18.9 Å². The number of allylic oxidation sites excluding steroid dienone is 3. The molecule has 0 aliphatic carbocycles. The largest absolute Gasteiger partial charge is 0.508 e. The summed E-state index contributed by atoms with van der Waals surface area (Å²) in [5.74, 6) is 1.90. The quantitative estimate of drug-likeness (QED) is 0.158. The van der Waals surface area contributed by atoms with Crippen LogP contribution in [0.15, 0.2) is 61.4 Å². The number of hydrogen-bond acceptors (Lipinski definition) is 6. The van der Waals surface area contributed by atoms with Gasteiger partial charge in [-0.15, -0.1) is 0 Å². The van der Waals surface area contributed by atoms with E-state index < -0.39 is 5.78 Å². The highest BCUT2D eigenvalue weighted by atomic mass is 16.5. The van der Waals surface area contributed by atoms with E-state index in [0.29, 0.717) is 28.4 Å². The maximum Gasteiger partial charge on any atom is 0.182 e. The third-order valence-corrected chi connectivity index (χ3v) is 6.52. The number of rotatable bonds is 11. The molecular weight excluding hydrogens is 492 g/mol. The highest BCUT2D eigenvalue weighted by Crippen LogP contribution is 2.42. The average molecular weight is 527 g/mol. The average Bonchev–Trinajstić information content (AvgIpc) is 2.94. The summed E-state index contributed by atoms with van der Waals surface area (Å²) in [4.78, 5) is 12.7. The van der Waals surface area contributed by atoms with Gasteiger partial charge in [-0.3, -0.25) is 4.79 Å². The van der Waals surface area contributed by atoms with Gasteiger partial charge in [-0.2, -0.15) is 0 Å². The van der Waals surface area contributed by atoms with Crippen molar-refractivity contribution in [2.45, 2.75) is 13.8 Å². The Balaban J connectivity index is 1.98. The maximum atomic E-state index is 12.7. The number of carbonyl (C=O) groups is 1. The molecule has 0 radical (unpaired) electrons. The summed E-state index contributed by atoms with van der Waals surface area (Å²) < 4.78 is 22.6. The van der Waals surface area contributed by atoms with Crippen LogP contribution in [0.5, 0.6) is 23.0 Å². The number of aliphatic hydroxyl groups is 1. The van der Waals surface area contributed by atoms with Crippen LogP contribution in [0.4, 0.5) is 0 Å². The molecule has 6 heteroatoms. The Morgan fingerprint density at radius 3 is 1.69 bits per heavy atom. The van der Waals surface area contributed by atoms with Gasteiger partial charge in [-0.05, 0) is 38.2 Å². The smallest absolute Gasteiger partial charge is 0.182 e. The first kappa shape index (κ1) is 28.9. The number of hydrogen-bond donors (Lipinski definition) is 1. The molecule has 0 bridgehead atoms. The molecule has 0 aliphatic rings. The molecule has 3 rings (SSSR count). The van der Waals surface area contributed by atoms with Crippen molar-refractivity contribution in [3.8, 4) is 23.0 Å². The zero-order valence-corrected chi connectivity index (χ0v) is 23.3. The number of ketones is 1. The number of methoxy groups -OCH3 is 4. The summed E-state index contributed by atoms with van der Waals surface area (Å²) in [5.41, 5.74) is 4.49. The van der Waals surface area contributed by atoms with Crippen LogP contribution in [-0.2, 0) is 4.79 Å². The molecule has 3 aromatic carbocycles. The van der Waals surface area contributed by atoms with Crippen LogP contribution in [0.2, 0.25) is 0 Å². The second-order valence-electron chi connectivity index (χ2n) is 8.63. The summed E-state index contributed by atoms with van der Waals surface area (Å²) in [6, 6.07) is 7.77. The van der Waals surface area contributed by atoms with Crippen molar-refractivity contribution >= 4 is 40.9 Å². The van der Waals surface area contributed by atoms with Crippen LogP contribution >= 0.6 is 0 Å². The van der Waals surface area contributed by atoms with Gasteiger partial charge in [0.1, 0.15) is 28.8 Å². The van der Waals surface area contributed by atoms with Crippen LogP contribution in [0.25, 0.3) is 35.1 Å². The second kappa shape index (κ2) is 12.7. The molecular formula is C33H34O6. The van der Waals surface area contributed by atoms with Gasteiger partial charge >= 0.3 is 0 Å².